The first kappa shape index (κ1) is 22.2. The van der Waals surface area contributed by atoms with E-state index in [2.05, 4.69) is 5.32 Å². The quantitative estimate of drug-likeness (QED) is 0.391. The molecule has 2 aromatic carbocycles. The van der Waals surface area contributed by atoms with Gasteiger partial charge in [-0.3, -0.25) is 14.4 Å². The monoisotopic (exact) mass is 454 g/mol. The van der Waals surface area contributed by atoms with Gasteiger partial charge in [0.05, 0.1) is 28.7 Å². The maximum absolute atomic E-state index is 12.8. The molecule has 4 rings (SSSR count). The van der Waals surface area contributed by atoms with E-state index < -0.39 is 24.4 Å². The number of carbonyl (C=O) groups is 4. The molecule has 0 radical (unpaired) electrons. The number of hydrogen-bond donors (Lipinski definition) is 1. The summed E-state index contributed by atoms with van der Waals surface area (Å²) >= 11 is 5.99. The Bertz CT molecular complexity index is 1050. The van der Waals surface area contributed by atoms with Gasteiger partial charge in [0.15, 0.2) is 6.61 Å². The second kappa shape index (κ2) is 9.63. The van der Waals surface area contributed by atoms with Crippen LogP contribution in [0.1, 0.15) is 52.8 Å². The van der Waals surface area contributed by atoms with Crippen LogP contribution < -0.4 is 10.2 Å². The first-order chi connectivity index (χ1) is 15.4. The van der Waals surface area contributed by atoms with Crippen LogP contribution in [0.4, 0.5) is 5.69 Å². The molecule has 1 N–H and O–H groups in total. The Morgan fingerprint density at radius 2 is 1.72 bits per heavy atom. The number of nitrogens with zero attached hydrogens (tertiary/aromatic N) is 1. The van der Waals surface area contributed by atoms with Crippen LogP contribution in [0.5, 0.6) is 0 Å². The number of halogens is 1. The topological polar surface area (TPSA) is 92.8 Å². The summed E-state index contributed by atoms with van der Waals surface area (Å²) in [6.07, 6.45) is 4.44. The fourth-order valence-electron chi connectivity index (χ4n) is 4.14. The normalized spacial score (nSPS) is 18.9. The largest absolute Gasteiger partial charge is 0.454 e. The van der Waals surface area contributed by atoms with E-state index in [0.717, 1.165) is 30.6 Å². The number of imide groups is 1. The average molecular weight is 455 g/mol. The first-order valence-electron chi connectivity index (χ1n) is 10.6. The van der Waals surface area contributed by atoms with E-state index in [1.807, 2.05) is 0 Å². The molecule has 0 bridgehead atoms. The van der Waals surface area contributed by atoms with E-state index >= 15 is 0 Å². The van der Waals surface area contributed by atoms with Crippen LogP contribution in [-0.4, -0.2) is 42.3 Å². The van der Waals surface area contributed by atoms with Crippen molar-refractivity contribution in [3.63, 3.8) is 0 Å². The third-order valence-corrected chi connectivity index (χ3v) is 6.14. The Balaban J connectivity index is 1.36. The van der Waals surface area contributed by atoms with Crippen LogP contribution in [0.25, 0.3) is 0 Å². The van der Waals surface area contributed by atoms with Gasteiger partial charge in [0.1, 0.15) is 0 Å². The summed E-state index contributed by atoms with van der Waals surface area (Å²) in [7, 11) is 0. The zero-order chi connectivity index (χ0) is 22.7. The second-order valence-electron chi connectivity index (χ2n) is 8.00. The molecule has 1 aliphatic heterocycles. The molecule has 1 heterocycles. The van der Waals surface area contributed by atoms with Crippen molar-refractivity contribution in [2.24, 2.45) is 0 Å². The Labute approximate surface area is 190 Å². The number of anilines is 1. The molecule has 1 aliphatic carbocycles. The number of benzene rings is 2. The maximum atomic E-state index is 12.8. The van der Waals surface area contributed by atoms with Crippen LogP contribution in [-0.2, 0) is 14.3 Å². The van der Waals surface area contributed by atoms with E-state index in [4.69, 9.17) is 16.3 Å². The number of ether oxygens (including phenoxy) is 1. The molecule has 0 aromatic heterocycles. The molecular weight excluding hydrogens is 432 g/mol. The molecule has 2 aliphatic rings. The van der Waals surface area contributed by atoms with E-state index in [9.17, 15) is 19.2 Å². The summed E-state index contributed by atoms with van der Waals surface area (Å²) in [5.41, 5.74) is 0.893. The number of amides is 2. The predicted octanol–water partition coefficient (Wildman–Crippen LogP) is 3.54. The lowest BCUT2D eigenvalue weighted by molar-refractivity contribution is -0.121. The minimum atomic E-state index is -0.684. The van der Waals surface area contributed by atoms with Crippen molar-refractivity contribution >= 4 is 40.9 Å². The summed E-state index contributed by atoms with van der Waals surface area (Å²) in [5.74, 6) is -1.64. The Hall–Kier alpha value is -3.03. The van der Waals surface area contributed by atoms with Crippen molar-refractivity contribution in [3.8, 4) is 0 Å². The van der Waals surface area contributed by atoms with Crippen LogP contribution in [0.15, 0.2) is 48.5 Å². The van der Waals surface area contributed by atoms with Crippen LogP contribution in [0.2, 0.25) is 5.02 Å². The zero-order valence-corrected chi connectivity index (χ0v) is 18.1. The third-order valence-electron chi connectivity index (χ3n) is 5.81. The lowest BCUT2D eigenvalue weighted by Crippen LogP contribution is -2.42. The van der Waals surface area contributed by atoms with Gasteiger partial charge in [-0.2, -0.15) is 0 Å². The van der Waals surface area contributed by atoms with Gasteiger partial charge in [0, 0.05) is 11.6 Å². The van der Waals surface area contributed by atoms with Crippen molar-refractivity contribution in [3.05, 3.63) is 64.7 Å². The molecule has 32 heavy (non-hydrogen) atoms. The molecule has 7 nitrogen and oxygen atoms in total. The Kier molecular flexibility index (Phi) is 6.67. The van der Waals surface area contributed by atoms with E-state index in [1.54, 1.807) is 24.3 Å². The standard InChI is InChI=1S/C24H23ClN2O5/c25-19-8-4-3-7-18(19)21(28)14-32-24(31)15-9-11-17(12-10-15)27-22(29)13-20(23(27)30)26-16-5-1-2-6-16/h3-4,7-12,16,20,26H,1-2,5-6,13-14H2. The number of ketones is 1. The van der Waals surface area contributed by atoms with Gasteiger partial charge in [-0.25, -0.2) is 9.69 Å². The fraction of sp³-hybridized carbons (Fsp3) is 0.333. The zero-order valence-electron chi connectivity index (χ0n) is 17.4. The molecule has 2 fully saturated rings. The van der Waals surface area contributed by atoms with Gasteiger partial charge in [0.2, 0.25) is 11.7 Å². The third kappa shape index (κ3) is 4.74. The highest BCUT2D eigenvalue weighted by molar-refractivity contribution is 6.34. The highest BCUT2D eigenvalue weighted by Gasteiger charge is 2.40. The summed E-state index contributed by atoms with van der Waals surface area (Å²) in [4.78, 5) is 50.9. The van der Waals surface area contributed by atoms with Crippen LogP contribution >= 0.6 is 11.6 Å². The van der Waals surface area contributed by atoms with E-state index in [1.165, 1.54) is 24.3 Å². The number of carbonyl (C=O) groups excluding carboxylic acids is 4. The summed E-state index contributed by atoms with van der Waals surface area (Å²) in [5, 5.41) is 3.59. The van der Waals surface area contributed by atoms with Crippen molar-refractivity contribution in [1.29, 1.82) is 0 Å². The minimum absolute atomic E-state index is 0.128. The smallest absolute Gasteiger partial charge is 0.338 e. The average Bonchev–Trinajstić information content (AvgIpc) is 3.40. The summed E-state index contributed by atoms with van der Waals surface area (Å²) in [6, 6.07) is 12.3. The van der Waals surface area contributed by atoms with Crippen LogP contribution in [0, 0.1) is 0 Å². The van der Waals surface area contributed by atoms with Crippen molar-refractivity contribution in [2.45, 2.75) is 44.2 Å². The lowest BCUT2D eigenvalue weighted by Gasteiger charge is -2.18. The van der Waals surface area contributed by atoms with Gasteiger partial charge in [-0.05, 0) is 49.2 Å². The number of rotatable bonds is 7. The SMILES string of the molecule is O=C(OCC(=O)c1ccccc1Cl)c1ccc(N2C(=O)CC(NC3CCCC3)C2=O)cc1. The number of Topliss-reactive ketones (excluding diaryl/α,β-unsaturated/α-hetero) is 1. The van der Waals surface area contributed by atoms with E-state index in [0.29, 0.717) is 10.7 Å². The number of nitrogens with one attached hydrogen (secondary N) is 1. The Morgan fingerprint density at radius 1 is 1.03 bits per heavy atom. The molecule has 0 spiro atoms. The molecule has 1 atom stereocenters. The van der Waals surface area contributed by atoms with E-state index in [-0.39, 0.29) is 35.4 Å². The van der Waals surface area contributed by atoms with Gasteiger partial charge < -0.3 is 10.1 Å². The molecule has 1 saturated heterocycles. The van der Waals surface area contributed by atoms with Gasteiger partial charge in [-0.15, -0.1) is 0 Å². The fourth-order valence-corrected chi connectivity index (χ4v) is 4.38. The Morgan fingerprint density at radius 3 is 2.41 bits per heavy atom. The minimum Gasteiger partial charge on any atom is -0.454 e. The first-order valence-corrected chi connectivity index (χ1v) is 11.0. The van der Waals surface area contributed by atoms with Crippen LogP contribution in [0.3, 0.4) is 0 Å². The van der Waals surface area contributed by atoms with Gasteiger partial charge in [-0.1, -0.05) is 36.6 Å². The summed E-state index contributed by atoms with van der Waals surface area (Å²) in [6.45, 7) is -0.443. The highest BCUT2D eigenvalue weighted by Crippen LogP contribution is 2.26. The second-order valence-corrected chi connectivity index (χ2v) is 8.41. The highest BCUT2D eigenvalue weighted by atomic mass is 35.5. The van der Waals surface area contributed by atoms with Crippen molar-refractivity contribution < 1.29 is 23.9 Å². The van der Waals surface area contributed by atoms with Crippen molar-refractivity contribution in [1.82, 2.24) is 5.32 Å². The van der Waals surface area contributed by atoms with Gasteiger partial charge >= 0.3 is 5.97 Å². The molecule has 166 valence electrons. The molecular formula is C24H23ClN2O5. The predicted molar refractivity (Wildman–Crippen MR) is 119 cm³/mol. The number of hydrogen-bond acceptors (Lipinski definition) is 6. The van der Waals surface area contributed by atoms with Gasteiger partial charge in [0.25, 0.3) is 5.91 Å². The molecule has 8 heteroatoms. The number of esters is 1. The van der Waals surface area contributed by atoms with Crippen molar-refractivity contribution in [2.75, 3.05) is 11.5 Å². The maximum Gasteiger partial charge on any atom is 0.338 e. The molecule has 1 unspecified atom stereocenters. The lowest BCUT2D eigenvalue weighted by atomic mass is 10.1. The molecule has 2 amide bonds. The molecule has 1 saturated carbocycles. The summed E-state index contributed by atoms with van der Waals surface area (Å²) < 4.78 is 5.09. The molecule has 2 aromatic rings.